The van der Waals surface area contributed by atoms with E-state index < -0.39 is 0 Å². The van der Waals surface area contributed by atoms with E-state index >= 15 is 0 Å². The molecule has 0 fully saturated rings. The van der Waals surface area contributed by atoms with Crippen molar-refractivity contribution in [2.75, 3.05) is 0 Å². The van der Waals surface area contributed by atoms with Crippen molar-refractivity contribution in [3.8, 4) is 0 Å². The monoisotopic (exact) mass is 227 g/mol. The Bertz CT molecular complexity index is 353. The van der Waals surface area contributed by atoms with E-state index in [1.165, 1.54) is 0 Å². The molecule has 2 rings (SSSR count). The molecule has 0 atom stereocenters. The molecule has 2 aromatic rings. The fourth-order valence-corrected chi connectivity index (χ4v) is 1.26. The predicted molar refractivity (Wildman–Crippen MR) is 45.7 cm³/mol. The van der Waals surface area contributed by atoms with Crippen LogP contribution in [0, 0.1) is 0 Å². The smallest absolute Gasteiger partial charge is 0.264 e. The average molecular weight is 228 g/mol. The summed E-state index contributed by atoms with van der Waals surface area (Å²) in [6, 6.07) is 3.75. The van der Waals surface area contributed by atoms with E-state index in [1.54, 1.807) is 12.5 Å². The lowest BCUT2D eigenvalue weighted by molar-refractivity contribution is 0.458. The molecule has 0 bridgehead atoms. The summed E-state index contributed by atoms with van der Waals surface area (Å²) in [6.45, 7) is 0. The lowest BCUT2D eigenvalue weighted by atomic mass is 10.3. The molecule has 3 nitrogen and oxygen atoms in total. The normalized spacial score (nSPS) is 10.4. The molecule has 0 spiro atoms. The van der Waals surface area contributed by atoms with Gasteiger partial charge in [0.05, 0.1) is 18.9 Å². The van der Waals surface area contributed by atoms with Crippen LogP contribution in [0.4, 0.5) is 0 Å². The van der Waals surface area contributed by atoms with Gasteiger partial charge in [0.15, 0.2) is 0 Å². The van der Waals surface area contributed by atoms with E-state index in [0.717, 1.165) is 11.5 Å². The van der Waals surface area contributed by atoms with Gasteiger partial charge in [-0.3, -0.25) is 0 Å². The van der Waals surface area contributed by atoms with Crippen molar-refractivity contribution in [2.45, 2.75) is 6.42 Å². The van der Waals surface area contributed by atoms with Crippen LogP contribution in [0.3, 0.4) is 0 Å². The number of halogens is 1. The fraction of sp³-hybridized carbons (Fsp3) is 0.125. The summed E-state index contributed by atoms with van der Waals surface area (Å²) in [7, 11) is 0. The summed E-state index contributed by atoms with van der Waals surface area (Å²) in [5.41, 5.74) is 0. The van der Waals surface area contributed by atoms with Crippen LogP contribution in [0.2, 0.25) is 0 Å². The molecule has 62 valence electrons. The molecule has 0 saturated heterocycles. The van der Waals surface area contributed by atoms with Crippen LogP contribution >= 0.6 is 15.9 Å². The van der Waals surface area contributed by atoms with Gasteiger partial charge in [-0.1, -0.05) is 0 Å². The Morgan fingerprint density at radius 1 is 1.42 bits per heavy atom. The Labute approximate surface area is 77.5 Å². The first-order chi connectivity index (χ1) is 5.84. The number of nitrogens with zero attached hydrogens (tertiary/aromatic N) is 1. The Kier molecular flexibility index (Phi) is 1.99. The molecule has 0 radical (unpaired) electrons. The zero-order valence-corrected chi connectivity index (χ0v) is 7.74. The van der Waals surface area contributed by atoms with Crippen molar-refractivity contribution in [1.82, 2.24) is 4.98 Å². The van der Waals surface area contributed by atoms with Crippen LogP contribution in [0.5, 0.6) is 0 Å². The summed E-state index contributed by atoms with van der Waals surface area (Å²) in [6.07, 6.45) is 3.96. The van der Waals surface area contributed by atoms with Crippen LogP contribution in [0.15, 0.2) is 38.2 Å². The highest BCUT2D eigenvalue weighted by atomic mass is 79.9. The third kappa shape index (κ3) is 1.58. The van der Waals surface area contributed by atoms with Crippen LogP contribution in [-0.2, 0) is 6.42 Å². The van der Waals surface area contributed by atoms with E-state index in [4.69, 9.17) is 8.83 Å². The minimum absolute atomic E-state index is 0.504. The Hall–Kier alpha value is -1.03. The van der Waals surface area contributed by atoms with Crippen molar-refractivity contribution in [1.29, 1.82) is 0 Å². The van der Waals surface area contributed by atoms with Crippen molar-refractivity contribution in [2.24, 2.45) is 0 Å². The minimum Gasteiger partial charge on any atom is -0.469 e. The second kappa shape index (κ2) is 3.15. The van der Waals surface area contributed by atoms with Crippen molar-refractivity contribution in [3.05, 3.63) is 40.9 Å². The number of furan rings is 1. The maximum Gasteiger partial charge on any atom is 0.264 e. The van der Waals surface area contributed by atoms with Crippen molar-refractivity contribution in [3.63, 3.8) is 0 Å². The van der Waals surface area contributed by atoms with Gasteiger partial charge in [-0.15, -0.1) is 0 Å². The molecule has 4 heteroatoms. The summed E-state index contributed by atoms with van der Waals surface area (Å²) < 4.78 is 10.3. The third-order valence-electron chi connectivity index (χ3n) is 1.45. The third-order valence-corrected chi connectivity index (χ3v) is 1.82. The Balaban J connectivity index is 2.14. The minimum atomic E-state index is 0.504. The van der Waals surface area contributed by atoms with Gasteiger partial charge in [-0.2, -0.15) is 0 Å². The quantitative estimate of drug-likeness (QED) is 0.792. The molecule has 0 aliphatic carbocycles. The molecule has 0 aliphatic heterocycles. The highest BCUT2D eigenvalue weighted by Gasteiger charge is 2.03. The van der Waals surface area contributed by atoms with Gasteiger partial charge in [0.25, 0.3) is 4.80 Å². The highest BCUT2D eigenvalue weighted by molar-refractivity contribution is 9.10. The number of hydrogen-bond donors (Lipinski definition) is 0. The fourth-order valence-electron chi connectivity index (χ4n) is 0.950. The second-order valence-corrected chi connectivity index (χ2v) is 3.01. The molecule has 2 heterocycles. The van der Waals surface area contributed by atoms with Crippen LogP contribution < -0.4 is 0 Å². The Morgan fingerprint density at radius 3 is 2.92 bits per heavy atom. The topological polar surface area (TPSA) is 39.2 Å². The summed E-state index contributed by atoms with van der Waals surface area (Å²) in [5, 5.41) is 0. The zero-order chi connectivity index (χ0) is 8.39. The molecule has 2 aromatic heterocycles. The number of oxazole rings is 1. The molecule has 12 heavy (non-hydrogen) atoms. The van der Waals surface area contributed by atoms with Crippen LogP contribution in [0.25, 0.3) is 0 Å². The molecule has 0 amide bonds. The summed E-state index contributed by atoms with van der Waals surface area (Å²) >= 11 is 3.13. The number of hydrogen-bond acceptors (Lipinski definition) is 3. The summed E-state index contributed by atoms with van der Waals surface area (Å²) in [5.74, 6) is 1.66. The van der Waals surface area contributed by atoms with Gasteiger partial charge < -0.3 is 8.83 Å². The van der Waals surface area contributed by atoms with Gasteiger partial charge in [0.2, 0.25) is 0 Å². The van der Waals surface area contributed by atoms with E-state index in [2.05, 4.69) is 20.9 Å². The number of rotatable bonds is 2. The zero-order valence-electron chi connectivity index (χ0n) is 6.16. The van der Waals surface area contributed by atoms with Gasteiger partial charge in [-0.05, 0) is 12.1 Å². The number of aromatic nitrogens is 1. The van der Waals surface area contributed by atoms with Crippen LogP contribution in [0.1, 0.15) is 11.5 Å². The van der Waals surface area contributed by atoms with Crippen molar-refractivity contribution < 1.29 is 8.83 Å². The lowest BCUT2D eigenvalue weighted by Crippen LogP contribution is -1.80. The summed E-state index contributed by atoms with van der Waals surface area (Å²) in [4.78, 5) is 4.41. The van der Waals surface area contributed by atoms with Crippen molar-refractivity contribution >= 4 is 15.9 Å². The highest BCUT2D eigenvalue weighted by Crippen LogP contribution is 2.14. The average Bonchev–Trinajstić information content (AvgIpc) is 2.63. The molecule has 0 saturated carbocycles. The first-order valence-electron chi connectivity index (χ1n) is 3.47. The lowest BCUT2D eigenvalue weighted by Gasteiger charge is -1.89. The molecular formula is C8H6BrNO2. The van der Waals surface area contributed by atoms with Gasteiger partial charge in [0.1, 0.15) is 11.5 Å². The van der Waals surface area contributed by atoms with Gasteiger partial charge >= 0.3 is 0 Å². The molecular weight excluding hydrogens is 222 g/mol. The first-order valence-corrected chi connectivity index (χ1v) is 4.26. The second-order valence-electron chi connectivity index (χ2n) is 2.34. The standard InChI is InChI=1S/C8H6BrNO2/c9-8-10-5-7(12-8)4-6-2-1-3-11-6/h1-3,5H,4H2. The van der Waals surface area contributed by atoms with E-state index in [9.17, 15) is 0 Å². The maximum absolute atomic E-state index is 5.20. The molecule has 0 aliphatic rings. The molecule has 0 aromatic carbocycles. The largest absolute Gasteiger partial charge is 0.469 e. The SMILES string of the molecule is Brc1ncc(Cc2ccco2)o1. The molecule has 0 unspecified atom stereocenters. The van der Waals surface area contributed by atoms with Gasteiger partial charge in [-0.25, -0.2) is 4.98 Å². The molecule has 0 N–H and O–H groups in total. The van der Waals surface area contributed by atoms with Crippen LogP contribution in [-0.4, -0.2) is 4.98 Å². The van der Waals surface area contributed by atoms with Gasteiger partial charge in [0, 0.05) is 15.9 Å². The predicted octanol–water partition coefficient (Wildman–Crippen LogP) is 2.62. The first kappa shape index (κ1) is 7.61. The van der Waals surface area contributed by atoms with E-state index in [1.807, 2.05) is 12.1 Å². The van der Waals surface area contributed by atoms with E-state index in [0.29, 0.717) is 11.2 Å². The van der Waals surface area contributed by atoms with E-state index in [-0.39, 0.29) is 0 Å². The Morgan fingerprint density at radius 2 is 2.33 bits per heavy atom. The maximum atomic E-state index is 5.20.